The van der Waals surface area contributed by atoms with E-state index in [-0.39, 0.29) is 5.91 Å². The number of fused-ring (bicyclic) bond motifs is 1. The van der Waals surface area contributed by atoms with Crippen molar-refractivity contribution in [1.29, 1.82) is 0 Å². The zero-order valence-electron chi connectivity index (χ0n) is 14.9. The number of nitrogens with two attached hydrogens (primary N) is 1. The Kier molecular flexibility index (Phi) is 3.63. The molecular weight excluding hydrogens is 338 g/mol. The van der Waals surface area contributed by atoms with Gasteiger partial charge in [0.1, 0.15) is 5.82 Å². The number of anilines is 3. The number of amides is 1. The first-order chi connectivity index (χ1) is 13.2. The monoisotopic (exact) mass is 359 g/mol. The average molecular weight is 359 g/mol. The summed E-state index contributed by atoms with van der Waals surface area (Å²) in [4.78, 5) is 22.8. The lowest BCUT2D eigenvalue weighted by molar-refractivity contribution is 0.0727. The summed E-state index contributed by atoms with van der Waals surface area (Å²) in [6, 6.07) is 14.1. The minimum absolute atomic E-state index is 0.113. The SMILES string of the molecule is Nc1cc(-c2[nH]c3c(c2Nc2ccccc2)C(=O)N(C2CC2)CC3)ccn1. The highest BCUT2D eigenvalue weighted by Gasteiger charge is 2.39. The molecule has 6 nitrogen and oxygen atoms in total. The topological polar surface area (TPSA) is 87.0 Å². The summed E-state index contributed by atoms with van der Waals surface area (Å²) in [5, 5.41) is 3.47. The Morgan fingerprint density at radius 1 is 1.19 bits per heavy atom. The van der Waals surface area contributed by atoms with Crippen molar-refractivity contribution in [2.75, 3.05) is 17.6 Å². The Morgan fingerprint density at radius 3 is 2.74 bits per heavy atom. The van der Waals surface area contributed by atoms with Crippen LogP contribution in [0.15, 0.2) is 48.7 Å². The van der Waals surface area contributed by atoms with Gasteiger partial charge in [0, 0.05) is 42.1 Å². The molecule has 1 saturated carbocycles. The molecule has 5 rings (SSSR count). The molecule has 0 radical (unpaired) electrons. The van der Waals surface area contributed by atoms with Gasteiger partial charge in [-0.1, -0.05) is 18.2 Å². The first-order valence-electron chi connectivity index (χ1n) is 9.30. The number of aromatic amines is 1. The molecule has 2 aliphatic rings. The Hall–Kier alpha value is -3.28. The van der Waals surface area contributed by atoms with E-state index in [1.165, 1.54) is 0 Å². The number of carbonyl (C=O) groups excluding carboxylic acids is 1. The van der Waals surface area contributed by atoms with Crippen LogP contribution in [0.2, 0.25) is 0 Å². The molecule has 0 spiro atoms. The van der Waals surface area contributed by atoms with Crippen molar-refractivity contribution in [3.05, 3.63) is 59.9 Å². The minimum atomic E-state index is 0.113. The number of nitrogen functional groups attached to an aromatic ring is 1. The molecule has 0 bridgehead atoms. The van der Waals surface area contributed by atoms with Gasteiger partial charge in [-0.25, -0.2) is 4.98 Å². The van der Waals surface area contributed by atoms with Crippen molar-refractivity contribution in [1.82, 2.24) is 14.9 Å². The number of benzene rings is 1. The van der Waals surface area contributed by atoms with Crippen LogP contribution in [0.25, 0.3) is 11.3 Å². The third-order valence-corrected chi connectivity index (χ3v) is 5.26. The van der Waals surface area contributed by atoms with E-state index in [0.29, 0.717) is 11.9 Å². The van der Waals surface area contributed by atoms with Gasteiger partial charge in [0.2, 0.25) is 0 Å². The third kappa shape index (κ3) is 2.83. The number of para-hydroxylation sites is 1. The molecule has 136 valence electrons. The molecule has 3 heterocycles. The van der Waals surface area contributed by atoms with Gasteiger partial charge >= 0.3 is 0 Å². The van der Waals surface area contributed by atoms with E-state index in [1.54, 1.807) is 6.20 Å². The summed E-state index contributed by atoms with van der Waals surface area (Å²) in [5.74, 6) is 0.568. The molecule has 0 unspecified atom stereocenters. The largest absolute Gasteiger partial charge is 0.384 e. The summed E-state index contributed by atoms with van der Waals surface area (Å²) in [7, 11) is 0. The number of aromatic nitrogens is 2. The van der Waals surface area contributed by atoms with Crippen molar-refractivity contribution < 1.29 is 4.79 Å². The van der Waals surface area contributed by atoms with Crippen molar-refractivity contribution in [2.45, 2.75) is 25.3 Å². The quantitative estimate of drug-likeness (QED) is 0.665. The molecule has 27 heavy (non-hydrogen) atoms. The highest BCUT2D eigenvalue weighted by atomic mass is 16.2. The lowest BCUT2D eigenvalue weighted by Crippen LogP contribution is -2.39. The number of nitrogens with zero attached hydrogens (tertiary/aromatic N) is 2. The Bertz CT molecular complexity index is 1010. The van der Waals surface area contributed by atoms with Crippen LogP contribution in [0, 0.1) is 0 Å². The molecular formula is C21H21N5O. The number of nitrogens with one attached hydrogen (secondary N) is 2. The van der Waals surface area contributed by atoms with Crippen LogP contribution >= 0.6 is 0 Å². The average Bonchev–Trinajstić information content (AvgIpc) is 3.45. The van der Waals surface area contributed by atoms with Crippen LogP contribution in [0.5, 0.6) is 0 Å². The molecule has 6 heteroatoms. The van der Waals surface area contributed by atoms with Crippen LogP contribution in [0.4, 0.5) is 17.2 Å². The van der Waals surface area contributed by atoms with Gasteiger partial charge in [-0.15, -0.1) is 0 Å². The Labute approximate surface area is 157 Å². The van der Waals surface area contributed by atoms with Gasteiger partial charge < -0.3 is 20.9 Å². The maximum Gasteiger partial charge on any atom is 0.258 e. The van der Waals surface area contributed by atoms with Crippen molar-refractivity contribution in [3.8, 4) is 11.3 Å². The van der Waals surface area contributed by atoms with E-state index < -0.39 is 0 Å². The molecule has 0 saturated heterocycles. The van der Waals surface area contributed by atoms with E-state index in [9.17, 15) is 4.79 Å². The fourth-order valence-corrected chi connectivity index (χ4v) is 3.80. The molecule has 1 aromatic carbocycles. The first kappa shape index (κ1) is 15.9. The normalized spacial score (nSPS) is 16.3. The number of H-pyrrole nitrogens is 1. The fraction of sp³-hybridized carbons (Fsp3) is 0.238. The maximum atomic E-state index is 13.2. The standard InChI is InChI=1S/C21H21N5O/c22-17-12-13(8-10-23-17)19-20(24-14-4-2-1-3-5-14)18-16(25-19)9-11-26(21(18)27)15-6-7-15/h1-5,8,10,12,15,24-25H,6-7,9,11H2,(H2,22,23). The Balaban J connectivity index is 1.65. The van der Waals surface area contributed by atoms with Gasteiger partial charge in [0.15, 0.2) is 0 Å². The number of rotatable bonds is 4. The molecule has 4 N–H and O–H groups in total. The van der Waals surface area contributed by atoms with Crippen LogP contribution < -0.4 is 11.1 Å². The zero-order chi connectivity index (χ0) is 18.4. The molecule has 1 amide bonds. The van der Waals surface area contributed by atoms with Crippen LogP contribution in [0.3, 0.4) is 0 Å². The number of carbonyl (C=O) groups is 1. The summed E-state index contributed by atoms with van der Waals surface area (Å²) in [6.07, 6.45) is 4.75. The molecule has 2 aromatic heterocycles. The molecule has 0 atom stereocenters. The van der Waals surface area contributed by atoms with Crippen LogP contribution in [0.1, 0.15) is 28.9 Å². The smallest absolute Gasteiger partial charge is 0.258 e. The van der Waals surface area contributed by atoms with Crippen molar-refractivity contribution in [3.63, 3.8) is 0 Å². The fourth-order valence-electron chi connectivity index (χ4n) is 3.80. The van der Waals surface area contributed by atoms with Crippen LogP contribution in [-0.4, -0.2) is 33.4 Å². The van der Waals surface area contributed by atoms with Gasteiger partial charge in [-0.05, 0) is 37.1 Å². The lowest BCUT2D eigenvalue weighted by Gasteiger charge is -2.27. The minimum Gasteiger partial charge on any atom is -0.384 e. The molecule has 1 aliphatic carbocycles. The lowest BCUT2D eigenvalue weighted by atomic mass is 10.0. The summed E-state index contributed by atoms with van der Waals surface area (Å²) < 4.78 is 0. The van der Waals surface area contributed by atoms with Crippen molar-refractivity contribution in [2.24, 2.45) is 0 Å². The molecule has 1 fully saturated rings. The second kappa shape index (κ2) is 6.16. The zero-order valence-corrected chi connectivity index (χ0v) is 14.9. The summed E-state index contributed by atoms with van der Waals surface area (Å²) >= 11 is 0. The van der Waals surface area contributed by atoms with E-state index in [2.05, 4.69) is 15.3 Å². The predicted molar refractivity (Wildman–Crippen MR) is 106 cm³/mol. The highest BCUT2D eigenvalue weighted by molar-refractivity contribution is 6.06. The number of hydrogen-bond acceptors (Lipinski definition) is 4. The van der Waals surface area contributed by atoms with Gasteiger partial charge in [0.25, 0.3) is 5.91 Å². The van der Waals surface area contributed by atoms with Crippen LogP contribution in [-0.2, 0) is 6.42 Å². The van der Waals surface area contributed by atoms with Gasteiger partial charge in [0.05, 0.1) is 16.9 Å². The number of hydrogen-bond donors (Lipinski definition) is 3. The van der Waals surface area contributed by atoms with E-state index >= 15 is 0 Å². The highest BCUT2D eigenvalue weighted by Crippen LogP contribution is 2.40. The second-order valence-corrected chi connectivity index (χ2v) is 7.17. The Morgan fingerprint density at radius 2 is 2.00 bits per heavy atom. The molecule has 3 aromatic rings. The van der Waals surface area contributed by atoms with Crippen molar-refractivity contribution >= 4 is 23.1 Å². The first-order valence-corrected chi connectivity index (χ1v) is 9.30. The van der Waals surface area contributed by atoms with E-state index in [0.717, 1.165) is 59.7 Å². The molecule has 1 aliphatic heterocycles. The summed E-state index contributed by atoms with van der Waals surface area (Å²) in [6.45, 7) is 0.777. The summed E-state index contributed by atoms with van der Waals surface area (Å²) in [5.41, 5.74) is 11.2. The second-order valence-electron chi connectivity index (χ2n) is 7.17. The van der Waals surface area contributed by atoms with E-state index in [4.69, 9.17) is 5.73 Å². The number of pyridine rings is 1. The van der Waals surface area contributed by atoms with E-state index in [1.807, 2.05) is 47.4 Å². The maximum absolute atomic E-state index is 13.2. The third-order valence-electron chi connectivity index (χ3n) is 5.26. The van der Waals surface area contributed by atoms with Gasteiger partial charge in [-0.2, -0.15) is 0 Å². The van der Waals surface area contributed by atoms with Gasteiger partial charge in [-0.3, -0.25) is 4.79 Å². The predicted octanol–water partition coefficient (Wildman–Crippen LogP) is 3.56.